The summed E-state index contributed by atoms with van der Waals surface area (Å²) in [7, 11) is -1.25. The number of rotatable bonds is 11. The highest BCUT2D eigenvalue weighted by Gasteiger charge is 2.29. The van der Waals surface area contributed by atoms with Gasteiger partial charge in [0.05, 0.1) is 20.8 Å². The van der Waals surface area contributed by atoms with Gasteiger partial charge in [-0.3, -0.25) is 4.79 Å². The molecule has 0 amide bonds. The molecule has 2 rings (SSSR count). The Bertz CT molecular complexity index is 902. The summed E-state index contributed by atoms with van der Waals surface area (Å²) < 4.78 is 43.7. The van der Waals surface area contributed by atoms with E-state index in [1.54, 1.807) is 13.0 Å². The van der Waals surface area contributed by atoms with Crippen molar-refractivity contribution in [2.45, 2.75) is 23.6 Å². The van der Waals surface area contributed by atoms with Gasteiger partial charge in [0, 0.05) is 17.6 Å². The zero-order chi connectivity index (χ0) is 21.3. The van der Waals surface area contributed by atoms with Gasteiger partial charge in [-0.2, -0.15) is 16.5 Å². The summed E-state index contributed by atoms with van der Waals surface area (Å²) in [6.45, 7) is 1.83. The molecule has 7 nitrogen and oxygen atoms in total. The van der Waals surface area contributed by atoms with E-state index in [4.69, 9.17) is 14.2 Å². The maximum atomic E-state index is 13.0. The predicted octanol–water partition coefficient (Wildman–Crippen LogP) is 2.85. The normalized spacial score (nSPS) is 12.2. The zero-order valence-electron chi connectivity index (χ0n) is 16.6. The fraction of sp³-hybridized carbons (Fsp3) is 0.350. The lowest BCUT2D eigenvalue weighted by molar-refractivity contribution is -0.144. The molecule has 0 aliphatic carbocycles. The van der Waals surface area contributed by atoms with Gasteiger partial charge in [-0.15, -0.1) is 0 Å². The van der Waals surface area contributed by atoms with Gasteiger partial charge in [0.1, 0.15) is 22.4 Å². The van der Waals surface area contributed by atoms with Gasteiger partial charge in [-0.25, -0.2) is 8.42 Å². The number of ether oxygens (including phenoxy) is 3. The molecule has 0 fully saturated rings. The molecule has 0 heterocycles. The summed E-state index contributed by atoms with van der Waals surface area (Å²) in [5, 5.41) is 0. The zero-order valence-corrected chi connectivity index (χ0v) is 18.2. The first kappa shape index (κ1) is 23.1. The molecule has 0 aliphatic heterocycles. The van der Waals surface area contributed by atoms with E-state index in [0.29, 0.717) is 11.5 Å². The molecule has 0 radical (unpaired) electrons. The van der Waals surface area contributed by atoms with E-state index in [1.807, 2.05) is 30.3 Å². The van der Waals surface area contributed by atoms with Crippen LogP contribution in [-0.4, -0.2) is 47.0 Å². The second-order valence-corrected chi connectivity index (χ2v) is 8.66. The van der Waals surface area contributed by atoms with Gasteiger partial charge < -0.3 is 14.2 Å². The third-order valence-corrected chi connectivity index (χ3v) is 6.52. The highest BCUT2D eigenvalue weighted by Crippen LogP contribution is 2.28. The average molecular weight is 440 g/mol. The minimum atomic E-state index is -4.06. The molecule has 0 aliphatic rings. The van der Waals surface area contributed by atoms with Crippen LogP contribution in [0, 0.1) is 0 Å². The van der Waals surface area contributed by atoms with Crippen molar-refractivity contribution in [3.8, 4) is 11.5 Å². The molecule has 0 aromatic heterocycles. The first-order valence-corrected chi connectivity index (χ1v) is 11.6. The molecule has 1 N–H and O–H groups in total. The van der Waals surface area contributed by atoms with Crippen LogP contribution < -0.4 is 14.2 Å². The molecule has 158 valence electrons. The molecule has 0 spiro atoms. The number of hydrogen-bond acceptors (Lipinski definition) is 7. The molecule has 0 saturated heterocycles. The van der Waals surface area contributed by atoms with Crippen LogP contribution in [0.25, 0.3) is 0 Å². The number of nitrogens with one attached hydrogen (secondary N) is 1. The lowest BCUT2D eigenvalue weighted by Crippen LogP contribution is -2.43. The maximum absolute atomic E-state index is 13.0. The molecule has 0 bridgehead atoms. The molecule has 1 unspecified atom stereocenters. The van der Waals surface area contributed by atoms with E-state index >= 15 is 0 Å². The number of esters is 1. The van der Waals surface area contributed by atoms with Crippen LogP contribution in [-0.2, 0) is 25.3 Å². The van der Waals surface area contributed by atoms with Crippen LogP contribution in [0.3, 0.4) is 0 Å². The van der Waals surface area contributed by atoms with E-state index < -0.39 is 22.0 Å². The Hall–Kier alpha value is -2.23. The van der Waals surface area contributed by atoms with Crippen molar-refractivity contribution in [1.82, 2.24) is 4.72 Å². The van der Waals surface area contributed by atoms with E-state index in [0.717, 1.165) is 5.56 Å². The first-order valence-electron chi connectivity index (χ1n) is 8.94. The Morgan fingerprint density at radius 1 is 1.10 bits per heavy atom. The van der Waals surface area contributed by atoms with Crippen LogP contribution in [0.2, 0.25) is 0 Å². The monoisotopic (exact) mass is 439 g/mol. The largest absolute Gasteiger partial charge is 0.497 e. The van der Waals surface area contributed by atoms with Crippen molar-refractivity contribution in [3.63, 3.8) is 0 Å². The van der Waals surface area contributed by atoms with Crippen molar-refractivity contribution in [1.29, 1.82) is 0 Å². The third kappa shape index (κ3) is 6.66. The second-order valence-electron chi connectivity index (χ2n) is 5.94. The van der Waals surface area contributed by atoms with Crippen molar-refractivity contribution in [2.75, 3.05) is 26.6 Å². The SMILES string of the molecule is CCOC(=O)C(CSCc1ccccc1)NS(=O)(=O)c1cc(OC)ccc1OC. The molecule has 0 saturated carbocycles. The van der Waals surface area contributed by atoms with Gasteiger partial charge in [-0.1, -0.05) is 30.3 Å². The minimum Gasteiger partial charge on any atom is -0.497 e. The number of sulfonamides is 1. The summed E-state index contributed by atoms with van der Waals surface area (Å²) in [4.78, 5) is 12.2. The van der Waals surface area contributed by atoms with Crippen LogP contribution >= 0.6 is 11.8 Å². The van der Waals surface area contributed by atoms with Crippen molar-refractivity contribution < 1.29 is 27.4 Å². The van der Waals surface area contributed by atoms with Gasteiger partial charge in [0.15, 0.2) is 0 Å². The van der Waals surface area contributed by atoms with Crippen molar-refractivity contribution >= 4 is 27.8 Å². The third-order valence-electron chi connectivity index (χ3n) is 3.92. The van der Waals surface area contributed by atoms with Crippen LogP contribution in [0.4, 0.5) is 0 Å². The summed E-state index contributed by atoms with van der Waals surface area (Å²) in [6.07, 6.45) is 0. The van der Waals surface area contributed by atoms with E-state index in [1.165, 1.54) is 38.1 Å². The van der Waals surface area contributed by atoms with Crippen molar-refractivity contribution in [2.24, 2.45) is 0 Å². The van der Waals surface area contributed by atoms with Crippen LogP contribution in [0.1, 0.15) is 12.5 Å². The predicted molar refractivity (Wildman–Crippen MR) is 113 cm³/mol. The van der Waals surface area contributed by atoms with Gasteiger partial charge in [-0.05, 0) is 24.6 Å². The van der Waals surface area contributed by atoms with Gasteiger partial charge in [0.25, 0.3) is 0 Å². The molecular weight excluding hydrogens is 414 g/mol. The molecule has 9 heteroatoms. The van der Waals surface area contributed by atoms with Crippen molar-refractivity contribution in [3.05, 3.63) is 54.1 Å². The number of thioether (sulfide) groups is 1. The fourth-order valence-electron chi connectivity index (χ4n) is 2.51. The Morgan fingerprint density at radius 2 is 1.83 bits per heavy atom. The summed E-state index contributed by atoms with van der Waals surface area (Å²) in [5.41, 5.74) is 1.08. The topological polar surface area (TPSA) is 90.9 Å². The summed E-state index contributed by atoms with van der Waals surface area (Å²) in [5.74, 6) is 0.744. The summed E-state index contributed by atoms with van der Waals surface area (Å²) in [6, 6.07) is 13.1. The Morgan fingerprint density at radius 3 is 2.45 bits per heavy atom. The van der Waals surface area contributed by atoms with E-state index in [-0.39, 0.29) is 23.0 Å². The van der Waals surface area contributed by atoms with E-state index in [2.05, 4.69) is 4.72 Å². The van der Waals surface area contributed by atoms with Crippen LogP contribution in [0.5, 0.6) is 11.5 Å². The number of methoxy groups -OCH3 is 2. The molecular formula is C20H25NO6S2. The maximum Gasteiger partial charge on any atom is 0.325 e. The molecule has 29 heavy (non-hydrogen) atoms. The Balaban J connectivity index is 2.19. The average Bonchev–Trinajstić information content (AvgIpc) is 2.73. The molecule has 1 atom stereocenters. The lowest BCUT2D eigenvalue weighted by atomic mass is 10.2. The van der Waals surface area contributed by atoms with Gasteiger partial charge in [0.2, 0.25) is 10.0 Å². The minimum absolute atomic E-state index is 0.110. The van der Waals surface area contributed by atoms with Crippen LogP contribution in [0.15, 0.2) is 53.4 Å². The highest BCUT2D eigenvalue weighted by atomic mass is 32.2. The Labute approximate surface area is 175 Å². The Kier molecular flexibility index (Phi) is 8.81. The second kappa shape index (κ2) is 11.1. The fourth-order valence-corrected chi connectivity index (χ4v) is 4.98. The standard InChI is InChI=1S/C20H25NO6S2/c1-4-27-20(22)17(14-28-13-15-8-6-5-7-9-15)21-29(23,24)19-12-16(25-2)10-11-18(19)26-3/h5-12,17,21H,4,13-14H2,1-3H3. The first-order chi connectivity index (χ1) is 13.9. The smallest absolute Gasteiger partial charge is 0.325 e. The highest BCUT2D eigenvalue weighted by molar-refractivity contribution is 7.98. The quantitative estimate of drug-likeness (QED) is 0.538. The molecule has 2 aromatic carbocycles. The number of carbonyl (C=O) groups excluding carboxylic acids is 1. The van der Waals surface area contributed by atoms with E-state index in [9.17, 15) is 13.2 Å². The molecule has 2 aromatic rings. The number of hydrogen-bond donors (Lipinski definition) is 1. The number of benzene rings is 2. The summed E-state index contributed by atoms with van der Waals surface area (Å²) >= 11 is 1.44. The van der Waals surface area contributed by atoms with Gasteiger partial charge >= 0.3 is 5.97 Å². The lowest BCUT2D eigenvalue weighted by Gasteiger charge is -2.18. The number of carbonyl (C=O) groups is 1.